The van der Waals surface area contributed by atoms with Gasteiger partial charge in [-0.2, -0.15) is 0 Å². The van der Waals surface area contributed by atoms with Crippen molar-refractivity contribution in [2.45, 2.75) is 5.92 Å². The molecule has 0 fully saturated rings. The van der Waals surface area contributed by atoms with Crippen LogP contribution in [0.15, 0.2) is 47.1 Å². The molecule has 4 nitrogen and oxygen atoms in total. The molecule has 5 heteroatoms. The summed E-state index contributed by atoms with van der Waals surface area (Å²) in [6.07, 6.45) is 1.64. The van der Waals surface area contributed by atoms with E-state index in [1.54, 1.807) is 37.6 Å². The van der Waals surface area contributed by atoms with Crippen LogP contribution in [0.2, 0.25) is 0 Å². The smallest absolute Gasteiger partial charge is 0.231 e. The molecule has 19 heavy (non-hydrogen) atoms. The highest BCUT2D eigenvalue weighted by Crippen LogP contribution is 2.26. The van der Waals surface area contributed by atoms with E-state index < -0.39 is 11.8 Å². The van der Waals surface area contributed by atoms with Crippen LogP contribution in [0.25, 0.3) is 0 Å². The second kappa shape index (κ2) is 5.84. The van der Waals surface area contributed by atoms with Gasteiger partial charge >= 0.3 is 0 Å². The highest BCUT2D eigenvalue weighted by molar-refractivity contribution is 9.10. The summed E-state index contributed by atoms with van der Waals surface area (Å²) in [6.45, 7) is 0. The first kappa shape index (κ1) is 13.5. The maximum Gasteiger partial charge on any atom is 0.231 e. The second-order valence-electron chi connectivity index (χ2n) is 4.01. The first-order chi connectivity index (χ1) is 9.11. The Morgan fingerprint density at radius 3 is 2.53 bits per heavy atom. The van der Waals surface area contributed by atoms with Crippen molar-refractivity contribution < 1.29 is 9.53 Å². The number of carbonyl (C=O) groups excluding carboxylic acids is 1. The fourth-order valence-corrected chi connectivity index (χ4v) is 2.21. The molecular formula is C14H13BrN2O2. The van der Waals surface area contributed by atoms with Crippen LogP contribution >= 0.6 is 15.9 Å². The third-order valence-electron chi connectivity index (χ3n) is 2.77. The molecule has 1 aromatic heterocycles. The molecule has 1 amide bonds. The Morgan fingerprint density at radius 2 is 2.00 bits per heavy atom. The normalized spacial score (nSPS) is 11.9. The number of hydrogen-bond donors (Lipinski definition) is 1. The Hall–Kier alpha value is -1.88. The highest BCUT2D eigenvalue weighted by atomic mass is 79.9. The van der Waals surface area contributed by atoms with Gasteiger partial charge in [0.25, 0.3) is 0 Å². The lowest BCUT2D eigenvalue weighted by Gasteiger charge is -2.14. The Labute approximate surface area is 119 Å². The molecule has 98 valence electrons. The number of hydrogen-bond acceptors (Lipinski definition) is 3. The molecule has 2 N–H and O–H groups in total. The minimum Gasteiger partial charge on any atom is -0.497 e. The first-order valence-electron chi connectivity index (χ1n) is 5.66. The number of halogens is 1. The number of carbonyl (C=O) groups is 1. The van der Waals surface area contributed by atoms with Gasteiger partial charge in [-0.1, -0.05) is 28.1 Å². The summed E-state index contributed by atoms with van der Waals surface area (Å²) >= 11 is 3.36. The van der Waals surface area contributed by atoms with Gasteiger partial charge in [-0.05, 0) is 29.8 Å². The zero-order valence-corrected chi connectivity index (χ0v) is 11.9. The van der Waals surface area contributed by atoms with E-state index in [9.17, 15) is 4.79 Å². The molecule has 0 saturated carbocycles. The van der Waals surface area contributed by atoms with Gasteiger partial charge in [0.2, 0.25) is 5.91 Å². The summed E-state index contributed by atoms with van der Waals surface area (Å²) in [5.41, 5.74) is 6.90. The van der Waals surface area contributed by atoms with E-state index in [0.717, 1.165) is 15.8 Å². The van der Waals surface area contributed by atoms with Crippen LogP contribution in [0, 0.1) is 0 Å². The monoisotopic (exact) mass is 320 g/mol. The van der Waals surface area contributed by atoms with Gasteiger partial charge in [-0.15, -0.1) is 0 Å². The molecule has 0 saturated heterocycles. The van der Waals surface area contributed by atoms with Gasteiger partial charge in [-0.3, -0.25) is 9.78 Å². The van der Waals surface area contributed by atoms with E-state index in [2.05, 4.69) is 20.9 Å². The standard InChI is InChI=1S/C14H13BrN2O2/c1-19-11-4-2-9(3-5-11)13(14(16)18)12-8-10(15)6-7-17-12/h2-8,13H,1H3,(H2,16,18). The van der Waals surface area contributed by atoms with Crippen molar-refractivity contribution in [3.63, 3.8) is 0 Å². The van der Waals surface area contributed by atoms with Crippen LogP contribution in [-0.4, -0.2) is 18.0 Å². The van der Waals surface area contributed by atoms with E-state index >= 15 is 0 Å². The van der Waals surface area contributed by atoms with E-state index in [1.807, 2.05) is 12.1 Å². The minimum atomic E-state index is -0.566. The highest BCUT2D eigenvalue weighted by Gasteiger charge is 2.21. The number of amides is 1. The molecule has 1 unspecified atom stereocenters. The molecule has 1 aromatic carbocycles. The molecule has 2 aromatic rings. The van der Waals surface area contributed by atoms with Gasteiger partial charge < -0.3 is 10.5 Å². The zero-order valence-electron chi connectivity index (χ0n) is 10.3. The van der Waals surface area contributed by atoms with Crippen LogP contribution in [-0.2, 0) is 4.79 Å². The summed E-state index contributed by atoms with van der Waals surface area (Å²) < 4.78 is 5.95. The fourth-order valence-electron chi connectivity index (χ4n) is 1.86. The van der Waals surface area contributed by atoms with Crippen molar-refractivity contribution in [3.8, 4) is 5.75 Å². The predicted molar refractivity (Wildman–Crippen MR) is 76.0 cm³/mol. The molecule has 0 radical (unpaired) electrons. The van der Waals surface area contributed by atoms with E-state index in [-0.39, 0.29) is 0 Å². The Kier molecular flexibility index (Phi) is 4.16. The maximum atomic E-state index is 11.7. The van der Waals surface area contributed by atoms with Gasteiger partial charge in [0.05, 0.1) is 12.8 Å². The van der Waals surface area contributed by atoms with Crippen molar-refractivity contribution in [2.24, 2.45) is 5.73 Å². The fraction of sp³-hybridized carbons (Fsp3) is 0.143. The Balaban J connectivity index is 2.42. The van der Waals surface area contributed by atoms with Crippen LogP contribution in [0.5, 0.6) is 5.75 Å². The molecule has 0 spiro atoms. The average molecular weight is 321 g/mol. The summed E-state index contributed by atoms with van der Waals surface area (Å²) in [5.74, 6) is -0.270. The molecular weight excluding hydrogens is 308 g/mol. The summed E-state index contributed by atoms with van der Waals surface area (Å²) in [5, 5.41) is 0. The Morgan fingerprint density at radius 1 is 1.32 bits per heavy atom. The molecule has 1 heterocycles. The number of benzene rings is 1. The van der Waals surface area contributed by atoms with Gasteiger partial charge in [0.1, 0.15) is 11.7 Å². The number of pyridine rings is 1. The summed E-state index contributed by atoms with van der Waals surface area (Å²) in [7, 11) is 1.59. The lowest BCUT2D eigenvalue weighted by Crippen LogP contribution is -2.23. The Bertz CT molecular complexity index is 584. The van der Waals surface area contributed by atoms with E-state index in [1.165, 1.54) is 0 Å². The van der Waals surface area contributed by atoms with Gasteiger partial charge in [-0.25, -0.2) is 0 Å². The third-order valence-corrected chi connectivity index (χ3v) is 3.27. The van der Waals surface area contributed by atoms with E-state index in [4.69, 9.17) is 10.5 Å². The number of methoxy groups -OCH3 is 1. The first-order valence-corrected chi connectivity index (χ1v) is 6.46. The largest absolute Gasteiger partial charge is 0.497 e. The van der Waals surface area contributed by atoms with Crippen LogP contribution in [0.4, 0.5) is 0 Å². The number of primary amides is 1. The van der Waals surface area contributed by atoms with Crippen molar-refractivity contribution in [1.82, 2.24) is 4.98 Å². The number of rotatable bonds is 4. The average Bonchev–Trinajstić information content (AvgIpc) is 2.39. The molecule has 0 aliphatic rings. The molecule has 0 aliphatic heterocycles. The van der Waals surface area contributed by atoms with E-state index in [0.29, 0.717) is 5.69 Å². The lowest BCUT2D eigenvalue weighted by molar-refractivity contribution is -0.118. The molecule has 1 atom stereocenters. The van der Waals surface area contributed by atoms with Gasteiger partial charge in [0, 0.05) is 10.7 Å². The van der Waals surface area contributed by atoms with Gasteiger partial charge in [0.15, 0.2) is 0 Å². The third kappa shape index (κ3) is 3.12. The summed E-state index contributed by atoms with van der Waals surface area (Å²) in [6, 6.07) is 10.8. The van der Waals surface area contributed by atoms with Crippen molar-refractivity contribution in [3.05, 3.63) is 58.3 Å². The quantitative estimate of drug-likeness (QED) is 0.941. The number of aromatic nitrogens is 1. The van der Waals surface area contributed by atoms with Crippen LogP contribution in [0.1, 0.15) is 17.2 Å². The summed E-state index contributed by atoms with van der Waals surface area (Å²) in [4.78, 5) is 15.9. The number of nitrogens with two attached hydrogens (primary N) is 1. The molecule has 0 bridgehead atoms. The van der Waals surface area contributed by atoms with Crippen LogP contribution < -0.4 is 10.5 Å². The number of nitrogens with zero attached hydrogens (tertiary/aromatic N) is 1. The lowest BCUT2D eigenvalue weighted by atomic mass is 9.94. The van der Waals surface area contributed by atoms with Crippen molar-refractivity contribution in [2.75, 3.05) is 7.11 Å². The second-order valence-corrected chi connectivity index (χ2v) is 4.92. The molecule has 2 rings (SSSR count). The molecule has 0 aliphatic carbocycles. The topological polar surface area (TPSA) is 65.2 Å². The van der Waals surface area contributed by atoms with Crippen LogP contribution in [0.3, 0.4) is 0 Å². The van der Waals surface area contributed by atoms with Crippen molar-refractivity contribution >= 4 is 21.8 Å². The number of ether oxygens (including phenoxy) is 1. The predicted octanol–water partition coefficient (Wildman–Crippen LogP) is 2.47. The zero-order chi connectivity index (χ0) is 13.8. The SMILES string of the molecule is COc1ccc(C(C(N)=O)c2cc(Br)ccn2)cc1. The minimum absolute atomic E-state index is 0.434. The van der Waals surface area contributed by atoms with Crippen molar-refractivity contribution in [1.29, 1.82) is 0 Å². The maximum absolute atomic E-state index is 11.7.